The Morgan fingerprint density at radius 3 is 0.900 bits per heavy atom. The average Bonchev–Trinajstić information content (AvgIpc) is 4.25. The molecule has 0 spiro atoms. The minimum absolute atomic E-state index is 0.234. The maximum atomic E-state index is 14.5. The van der Waals surface area contributed by atoms with Crippen molar-refractivity contribution in [2.45, 2.75) is 166 Å². The molecule has 6 heteroatoms. The quantitative estimate of drug-likeness (QED) is 0.115. The van der Waals surface area contributed by atoms with Crippen LogP contribution in [0.1, 0.15) is 263 Å². The highest BCUT2D eigenvalue weighted by atomic mass is 16.2. The van der Waals surface area contributed by atoms with Gasteiger partial charge in [-0.1, -0.05) is 127 Å². The van der Waals surface area contributed by atoms with E-state index in [0.29, 0.717) is 68.9 Å². The number of carbonyl (C=O) groups is 4. The van der Waals surface area contributed by atoms with Gasteiger partial charge in [0.1, 0.15) is 0 Å². The summed E-state index contributed by atoms with van der Waals surface area (Å²) >= 11 is 0. The van der Waals surface area contributed by atoms with Gasteiger partial charge < -0.3 is 0 Å². The molecule has 4 amide bonds. The standard InChI is InChI=1S/C64H64N2O4/c1-39(2)49-35-53(45-13-5-6-14-45)59(54(36-49)46-15-7-8-16-46)65-61(67)51-31-29-43(33-57(51)63(65)69)27-25-41-21-23-42(24-22-41)26-28-44-30-32-52-58(34-44)64(70)66(62(52)68)60-55(47-17-9-10-18-47)37-50(40(3)4)38-56(60)48-19-11-12-20-48/h21-24,29-40,45-48H,5-20H2,1-4H3. The third kappa shape index (κ3) is 8.42. The summed E-state index contributed by atoms with van der Waals surface area (Å²) in [6, 6.07) is 27.7. The number of carbonyl (C=O) groups excluding carboxylic acids is 4. The van der Waals surface area contributed by atoms with E-state index in [4.69, 9.17) is 0 Å². The summed E-state index contributed by atoms with van der Waals surface area (Å²) in [6.07, 6.45) is 18.1. The topological polar surface area (TPSA) is 74.8 Å². The van der Waals surface area contributed by atoms with Crippen molar-refractivity contribution >= 4 is 35.0 Å². The van der Waals surface area contributed by atoms with Crippen molar-refractivity contribution in [2.75, 3.05) is 9.80 Å². The molecule has 6 aliphatic rings. The molecule has 0 N–H and O–H groups in total. The summed E-state index contributed by atoms with van der Waals surface area (Å²) in [5, 5.41) is 0. The molecule has 2 aliphatic heterocycles. The molecule has 70 heavy (non-hydrogen) atoms. The molecule has 0 atom stereocenters. The molecule has 5 aromatic carbocycles. The van der Waals surface area contributed by atoms with Gasteiger partial charge in [0.05, 0.1) is 33.6 Å². The number of hydrogen-bond donors (Lipinski definition) is 0. The highest BCUT2D eigenvalue weighted by molar-refractivity contribution is 6.36. The fourth-order valence-electron chi connectivity index (χ4n) is 12.8. The van der Waals surface area contributed by atoms with Crippen LogP contribution < -0.4 is 9.80 Å². The lowest BCUT2D eigenvalue weighted by atomic mass is 9.83. The smallest absolute Gasteiger partial charge is 0.266 e. The number of amides is 4. The predicted octanol–water partition coefficient (Wildman–Crippen LogP) is 15.0. The lowest BCUT2D eigenvalue weighted by Crippen LogP contribution is -2.32. The Balaban J connectivity index is 0.827. The third-order valence-electron chi connectivity index (χ3n) is 16.7. The second kappa shape index (κ2) is 19.0. The Morgan fingerprint density at radius 1 is 0.357 bits per heavy atom. The first-order chi connectivity index (χ1) is 34.0. The summed E-state index contributed by atoms with van der Waals surface area (Å²) in [7, 11) is 0. The zero-order chi connectivity index (χ0) is 48.2. The van der Waals surface area contributed by atoms with Crippen LogP contribution in [0.2, 0.25) is 0 Å². The predicted molar refractivity (Wildman–Crippen MR) is 279 cm³/mol. The maximum absolute atomic E-state index is 14.5. The zero-order valence-corrected chi connectivity index (χ0v) is 41.4. The normalized spacial score (nSPS) is 18.7. The fourth-order valence-corrected chi connectivity index (χ4v) is 12.8. The molecule has 354 valence electrons. The number of hydrogen-bond acceptors (Lipinski definition) is 4. The summed E-state index contributed by atoms with van der Waals surface area (Å²) in [6.45, 7) is 8.95. The third-order valence-corrected chi connectivity index (χ3v) is 16.7. The van der Waals surface area contributed by atoms with Crippen LogP contribution >= 0.6 is 0 Å². The lowest BCUT2D eigenvalue weighted by molar-refractivity contribution is 0.0909. The molecule has 4 aliphatic carbocycles. The molecule has 5 aromatic rings. The second-order valence-electron chi connectivity index (χ2n) is 21.8. The minimum Gasteiger partial charge on any atom is -0.268 e. The number of imide groups is 2. The van der Waals surface area contributed by atoms with E-state index >= 15 is 0 Å². The summed E-state index contributed by atoms with van der Waals surface area (Å²) in [5.74, 6) is 14.2. The molecule has 6 nitrogen and oxygen atoms in total. The van der Waals surface area contributed by atoms with Crippen LogP contribution in [0.4, 0.5) is 11.4 Å². The van der Waals surface area contributed by atoms with E-state index in [1.807, 2.05) is 36.4 Å². The van der Waals surface area contributed by atoms with E-state index in [0.717, 1.165) is 73.9 Å². The number of benzene rings is 5. The highest BCUT2D eigenvalue weighted by Crippen LogP contribution is 2.51. The van der Waals surface area contributed by atoms with Gasteiger partial charge in [-0.2, -0.15) is 0 Å². The molecule has 11 rings (SSSR count). The SMILES string of the molecule is CC(C)c1cc(C2CCCC2)c(N2C(=O)c3ccc(C#Cc4ccc(C#Cc5ccc6c(c5)C(=O)N(c5c(C7CCCC7)cc(C(C)C)cc5C5CCCC5)C6=O)cc4)cc3C2=O)c(C2CCCC2)c1. The highest BCUT2D eigenvalue weighted by Gasteiger charge is 2.43. The Morgan fingerprint density at radius 2 is 0.614 bits per heavy atom. The maximum Gasteiger partial charge on any atom is 0.266 e. The van der Waals surface area contributed by atoms with Crippen molar-refractivity contribution < 1.29 is 19.2 Å². The first-order valence-corrected chi connectivity index (χ1v) is 26.6. The molecular formula is C64H64N2O4. The van der Waals surface area contributed by atoms with E-state index in [9.17, 15) is 19.2 Å². The fraction of sp³-hybridized carbons (Fsp3) is 0.406. The van der Waals surface area contributed by atoms with Gasteiger partial charge in [-0.3, -0.25) is 19.2 Å². The van der Waals surface area contributed by atoms with Crippen molar-refractivity contribution in [3.8, 4) is 23.7 Å². The zero-order valence-electron chi connectivity index (χ0n) is 41.4. The number of nitrogens with zero attached hydrogens (tertiary/aromatic N) is 2. The van der Waals surface area contributed by atoms with Gasteiger partial charge in [-0.15, -0.1) is 0 Å². The molecule has 4 fully saturated rings. The molecule has 0 aromatic heterocycles. The van der Waals surface area contributed by atoms with E-state index in [2.05, 4.69) is 75.6 Å². The van der Waals surface area contributed by atoms with Crippen LogP contribution in [0.15, 0.2) is 84.9 Å². The van der Waals surface area contributed by atoms with Crippen LogP contribution in [0, 0.1) is 23.7 Å². The Labute approximate surface area is 414 Å². The van der Waals surface area contributed by atoms with Gasteiger partial charge in [-0.25, -0.2) is 9.80 Å². The Hall–Kier alpha value is -6.50. The van der Waals surface area contributed by atoms with Gasteiger partial charge in [0.2, 0.25) is 0 Å². The van der Waals surface area contributed by atoms with E-state index in [1.54, 1.807) is 24.3 Å². The first kappa shape index (κ1) is 45.9. The monoisotopic (exact) mass is 924 g/mol. The molecule has 4 saturated carbocycles. The second-order valence-corrected chi connectivity index (χ2v) is 21.8. The van der Waals surface area contributed by atoms with E-state index in [-0.39, 0.29) is 23.6 Å². The average molecular weight is 925 g/mol. The number of fused-ring (bicyclic) bond motifs is 2. The van der Waals surface area contributed by atoms with Crippen molar-refractivity contribution in [3.05, 3.63) is 163 Å². The van der Waals surface area contributed by atoms with Crippen LogP contribution in [0.25, 0.3) is 0 Å². The van der Waals surface area contributed by atoms with Crippen LogP contribution in [-0.4, -0.2) is 23.6 Å². The lowest BCUT2D eigenvalue weighted by Gasteiger charge is -2.29. The van der Waals surface area contributed by atoms with E-state index < -0.39 is 0 Å². The molecule has 2 heterocycles. The molecule has 0 radical (unpaired) electrons. The summed E-state index contributed by atoms with van der Waals surface area (Å²) < 4.78 is 0. The molecule has 0 unspecified atom stereocenters. The Kier molecular flexibility index (Phi) is 12.5. The summed E-state index contributed by atoms with van der Waals surface area (Å²) in [4.78, 5) is 60.7. The van der Waals surface area contributed by atoms with Crippen molar-refractivity contribution in [1.29, 1.82) is 0 Å². The molecule has 0 bridgehead atoms. The first-order valence-electron chi connectivity index (χ1n) is 26.6. The van der Waals surface area contributed by atoms with Gasteiger partial charge in [0, 0.05) is 22.3 Å². The molecule has 0 saturated heterocycles. The number of rotatable bonds is 8. The molecular weight excluding hydrogens is 861 g/mol. The van der Waals surface area contributed by atoms with E-state index in [1.165, 1.54) is 94.5 Å². The van der Waals surface area contributed by atoms with Crippen molar-refractivity contribution in [2.24, 2.45) is 0 Å². The summed E-state index contributed by atoms with van der Waals surface area (Å²) in [5.41, 5.74) is 13.7. The van der Waals surface area contributed by atoms with Gasteiger partial charge in [-0.05, 0) is 181 Å². The van der Waals surface area contributed by atoms with Crippen LogP contribution in [0.5, 0.6) is 0 Å². The minimum atomic E-state index is -0.252. The van der Waals surface area contributed by atoms with Crippen molar-refractivity contribution in [3.63, 3.8) is 0 Å². The van der Waals surface area contributed by atoms with Gasteiger partial charge in [0.25, 0.3) is 23.6 Å². The Bertz CT molecular complexity index is 2790. The van der Waals surface area contributed by atoms with Gasteiger partial charge >= 0.3 is 0 Å². The van der Waals surface area contributed by atoms with Crippen LogP contribution in [0.3, 0.4) is 0 Å². The van der Waals surface area contributed by atoms with Gasteiger partial charge in [0.15, 0.2) is 0 Å². The van der Waals surface area contributed by atoms with Crippen LogP contribution in [-0.2, 0) is 0 Å². The largest absolute Gasteiger partial charge is 0.268 e. The van der Waals surface area contributed by atoms with Crippen molar-refractivity contribution in [1.82, 2.24) is 0 Å². The number of anilines is 2.